The van der Waals surface area contributed by atoms with Crippen LogP contribution in [0.3, 0.4) is 0 Å². The quantitative estimate of drug-likeness (QED) is 0.367. The molecule has 0 aromatic carbocycles. The maximum atomic E-state index is 10.9. The van der Waals surface area contributed by atoms with E-state index >= 15 is 0 Å². The number of rotatable bonds is 0. The Kier molecular flexibility index (Phi) is 1.04. The Morgan fingerprint density at radius 2 is 2.20 bits per heavy atom. The minimum Gasteiger partial charge on any atom is -0.354 e. The molecule has 2 fully saturated rings. The van der Waals surface area contributed by atoms with Crippen molar-refractivity contribution in [2.24, 2.45) is 11.1 Å². The summed E-state index contributed by atoms with van der Waals surface area (Å²) in [5.41, 5.74) is 5.72. The smallest absolute Gasteiger partial charge is 0.237 e. The third-order valence-corrected chi connectivity index (χ3v) is 2.51. The Bertz CT molecular complexity index is 176. The van der Waals surface area contributed by atoms with Crippen molar-refractivity contribution in [3.63, 3.8) is 0 Å². The molecule has 2 saturated heterocycles. The Hall–Kier alpha value is -0.610. The number of carbonyl (C=O) groups is 1. The summed E-state index contributed by atoms with van der Waals surface area (Å²) >= 11 is 0. The number of nitrogens with one attached hydrogen (secondary N) is 2. The number of carbonyl (C=O) groups excluding carboxylic acids is 1. The lowest BCUT2D eigenvalue weighted by Gasteiger charge is -2.40. The first-order valence-corrected chi connectivity index (χ1v) is 3.49. The summed E-state index contributed by atoms with van der Waals surface area (Å²) < 4.78 is 0. The van der Waals surface area contributed by atoms with E-state index < -0.39 is 0 Å². The van der Waals surface area contributed by atoms with Gasteiger partial charge in [0.1, 0.15) is 0 Å². The van der Waals surface area contributed by atoms with Crippen molar-refractivity contribution >= 4 is 5.91 Å². The van der Waals surface area contributed by atoms with Gasteiger partial charge >= 0.3 is 0 Å². The van der Waals surface area contributed by atoms with Crippen LogP contribution in [0.15, 0.2) is 0 Å². The molecule has 0 aromatic rings. The molecule has 2 aliphatic rings. The normalized spacial score (nSPS) is 35.7. The molecule has 2 aliphatic heterocycles. The fraction of sp³-hybridized carbons (Fsp3) is 0.833. The standard InChI is InChI=1S/C6H11N3O/c7-4-5(10)9-3-6(4)1-8-2-6/h4,8H,1-3,7H2,(H,9,10). The number of hydrogen-bond acceptors (Lipinski definition) is 3. The Balaban J connectivity index is 2.17. The topological polar surface area (TPSA) is 67.2 Å². The van der Waals surface area contributed by atoms with Crippen molar-refractivity contribution < 1.29 is 4.79 Å². The van der Waals surface area contributed by atoms with Crippen LogP contribution in [-0.4, -0.2) is 31.6 Å². The van der Waals surface area contributed by atoms with Crippen LogP contribution in [-0.2, 0) is 4.79 Å². The molecule has 1 unspecified atom stereocenters. The van der Waals surface area contributed by atoms with Crippen LogP contribution in [0.5, 0.6) is 0 Å². The van der Waals surface area contributed by atoms with Gasteiger partial charge in [-0.2, -0.15) is 0 Å². The zero-order valence-corrected chi connectivity index (χ0v) is 5.68. The molecule has 4 nitrogen and oxygen atoms in total. The first kappa shape index (κ1) is 6.12. The maximum Gasteiger partial charge on any atom is 0.237 e. The van der Waals surface area contributed by atoms with Crippen LogP contribution in [0.4, 0.5) is 0 Å². The second-order valence-corrected chi connectivity index (χ2v) is 3.16. The van der Waals surface area contributed by atoms with Gasteiger partial charge in [0.15, 0.2) is 0 Å². The minimum absolute atomic E-state index is 0.00139. The molecule has 1 spiro atoms. The highest BCUT2D eigenvalue weighted by atomic mass is 16.2. The van der Waals surface area contributed by atoms with Crippen molar-refractivity contribution in [3.8, 4) is 0 Å². The monoisotopic (exact) mass is 141 g/mol. The summed E-state index contributed by atoms with van der Waals surface area (Å²) in [4.78, 5) is 10.9. The zero-order valence-electron chi connectivity index (χ0n) is 5.68. The van der Waals surface area contributed by atoms with E-state index in [1.54, 1.807) is 0 Å². The third kappa shape index (κ3) is 0.552. The Morgan fingerprint density at radius 3 is 2.40 bits per heavy atom. The third-order valence-electron chi connectivity index (χ3n) is 2.51. The molecule has 10 heavy (non-hydrogen) atoms. The van der Waals surface area contributed by atoms with Crippen LogP contribution in [0.2, 0.25) is 0 Å². The van der Waals surface area contributed by atoms with Crippen LogP contribution in [0.25, 0.3) is 0 Å². The summed E-state index contributed by atoms with van der Waals surface area (Å²) in [6, 6.07) is -0.284. The lowest BCUT2D eigenvalue weighted by atomic mass is 9.78. The highest BCUT2D eigenvalue weighted by Crippen LogP contribution is 2.28. The molecular weight excluding hydrogens is 130 g/mol. The van der Waals surface area contributed by atoms with Crippen molar-refractivity contribution in [2.45, 2.75) is 6.04 Å². The molecule has 2 rings (SSSR count). The first-order valence-electron chi connectivity index (χ1n) is 3.49. The van der Waals surface area contributed by atoms with E-state index in [-0.39, 0.29) is 17.4 Å². The van der Waals surface area contributed by atoms with E-state index in [0.29, 0.717) is 0 Å². The lowest BCUT2D eigenvalue weighted by Crippen LogP contribution is -2.62. The molecule has 0 aromatic heterocycles. The first-order chi connectivity index (χ1) is 4.75. The van der Waals surface area contributed by atoms with Gasteiger partial charge in [0.25, 0.3) is 0 Å². The van der Waals surface area contributed by atoms with Gasteiger partial charge in [-0.3, -0.25) is 4.79 Å². The van der Waals surface area contributed by atoms with Gasteiger partial charge in [-0.15, -0.1) is 0 Å². The molecule has 4 heteroatoms. The molecule has 4 N–H and O–H groups in total. The predicted molar refractivity (Wildman–Crippen MR) is 36.3 cm³/mol. The summed E-state index contributed by atoms with van der Waals surface area (Å²) in [7, 11) is 0. The van der Waals surface area contributed by atoms with Crippen LogP contribution in [0.1, 0.15) is 0 Å². The van der Waals surface area contributed by atoms with Crippen molar-refractivity contribution in [1.82, 2.24) is 10.6 Å². The average molecular weight is 141 g/mol. The SMILES string of the molecule is NC1C(=O)NCC12CNC2. The second-order valence-electron chi connectivity index (χ2n) is 3.16. The summed E-state index contributed by atoms with van der Waals surface area (Å²) in [6.45, 7) is 2.51. The van der Waals surface area contributed by atoms with E-state index in [4.69, 9.17) is 5.73 Å². The van der Waals surface area contributed by atoms with Crippen molar-refractivity contribution in [3.05, 3.63) is 0 Å². The van der Waals surface area contributed by atoms with Gasteiger partial charge in [0.05, 0.1) is 6.04 Å². The minimum atomic E-state index is -0.284. The van der Waals surface area contributed by atoms with Gasteiger partial charge in [-0.25, -0.2) is 0 Å². The molecule has 0 saturated carbocycles. The lowest BCUT2D eigenvalue weighted by molar-refractivity contribution is -0.121. The zero-order chi connectivity index (χ0) is 7.19. The van der Waals surface area contributed by atoms with E-state index in [1.165, 1.54) is 0 Å². The van der Waals surface area contributed by atoms with Gasteiger partial charge in [0, 0.05) is 25.0 Å². The van der Waals surface area contributed by atoms with Crippen molar-refractivity contribution in [2.75, 3.05) is 19.6 Å². The van der Waals surface area contributed by atoms with Crippen LogP contribution < -0.4 is 16.4 Å². The Labute approximate surface area is 59.2 Å². The largest absolute Gasteiger partial charge is 0.354 e. The van der Waals surface area contributed by atoms with Gasteiger partial charge in [-0.05, 0) is 0 Å². The van der Waals surface area contributed by atoms with E-state index in [9.17, 15) is 4.79 Å². The van der Waals surface area contributed by atoms with Crippen molar-refractivity contribution in [1.29, 1.82) is 0 Å². The molecule has 1 amide bonds. The van der Waals surface area contributed by atoms with Crippen LogP contribution >= 0.6 is 0 Å². The second kappa shape index (κ2) is 1.71. The number of hydrogen-bond donors (Lipinski definition) is 3. The molecule has 0 bridgehead atoms. The molecule has 0 aliphatic carbocycles. The fourth-order valence-electron chi connectivity index (χ4n) is 1.55. The van der Waals surface area contributed by atoms with Gasteiger partial charge < -0.3 is 16.4 Å². The molecule has 56 valence electrons. The summed E-state index contributed by atoms with van der Waals surface area (Å²) in [5.74, 6) is 0.00139. The molecule has 1 atom stereocenters. The van der Waals surface area contributed by atoms with Gasteiger partial charge in [0.2, 0.25) is 5.91 Å². The molecular formula is C6H11N3O. The van der Waals surface area contributed by atoms with E-state index in [1.807, 2.05) is 0 Å². The number of amides is 1. The highest BCUT2D eigenvalue weighted by molar-refractivity contribution is 5.85. The Morgan fingerprint density at radius 1 is 1.50 bits per heavy atom. The van der Waals surface area contributed by atoms with Crippen LogP contribution in [0, 0.1) is 5.41 Å². The average Bonchev–Trinajstić information content (AvgIpc) is 2.10. The van der Waals surface area contributed by atoms with E-state index in [2.05, 4.69) is 10.6 Å². The number of nitrogens with two attached hydrogens (primary N) is 1. The summed E-state index contributed by atoms with van der Waals surface area (Å²) in [6.07, 6.45) is 0. The fourth-order valence-corrected chi connectivity index (χ4v) is 1.55. The maximum absolute atomic E-state index is 10.9. The highest BCUT2D eigenvalue weighted by Gasteiger charge is 2.50. The molecule has 2 heterocycles. The molecule has 0 radical (unpaired) electrons. The summed E-state index contributed by atoms with van der Waals surface area (Å²) in [5, 5.41) is 5.88. The van der Waals surface area contributed by atoms with E-state index in [0.717, 1.165) is 19.6 Å². The van der Waals surface area contributed by atoms with Gasteiger partial charge in [-0.1, -0.05) is 0 Å². The predicted octanol–water partition coefficient (Wildman–Crippen LogP) is -1.97.